The standard InChI is InChI=1S/C12H11FN4O3/c13-9-3-1-2-8(12(19)20)11(9)17-6-7(4-10(17)18)5-15-16-14/h1-3,7H,4-6H2,(H,19,20). The van der Waals surface area contributed by atoms with Crippen LogP contribution in [0, 0.1) is 11.7 Å². The number of carboxylic acids is 1. The second kappa shape index (κ2) is 5.58. The molecule has 1 N–H and O–H groups in total. The fourth-order valence-electron chi connectivity index (χ4n) is 2.23. The first-order chi connectivity index (χ1) is 9.54. The summed E-state index contributed by atoms with van der Waals surface area (Å²) in [4.78, 5) is 26.7. The van der Waals surface area contributed by atoms with Gasteiger partial charge >= 0.3 is 5.97 Å². The van der Waals surface area contributed by atoms with Gasteiger partial charge in [-0.15, -0.1) is 0 Å². The van der Waals surface area contributed by atoms with Crippen LogP contribution in [0.4, 0.5) is 10.1 Å². The maximum Gasteiger partial charge on any atom is 0.337 e. The van der Waals surface area contributed by atoms with Crippen molar-refractivity contribution in [3.8, 4) is 0 Å². The summed E-state index contributed by atoms with van der Waals surface area (Å²) in [5, 5.41) is 12.5. The molecule has 0 aromatic heterocycles. The fraction of sp³-hybridized carbons (Fsp3) is 0.333. The van der Waals surface area contributed by atoms with Gasteiger partial charge in [-0.3, -0.25) is 4.79 Å². The number of amides is 1. The highest BCUT2D eigenvalue weighted by Gasteiger charge is 2.34. The minimum absolute atomic E-state index is 0.104. The summed E-state index contributed by atoms with van der Waals surface area (Å²) in [5.74, 6) is -2.68. The first kappa shape index (κ1) is 13.8. The lowest BCUT2D eigenvalue weighted by atomic mass is 10.1. The zero-order valence-electron chi connectivity index (χ0n) is 10.4. The number of rotatable bonds is 4. The molecule has 20 heavy (non-hydrogen) atoms. The maximum absolute atomic E-state index is 13.9. The molecule has 0 bridgehead atoms. The van der Waals surface area contributed by atoms with Crippen LogP contribution in [0.25, 0.3) is 10.4 Å². The maximum atomic E-state index is 13.9. The van der Waals surface area contributed by atoms with Gasteiger partial charge in [-0.2, -0.15) is 0 Å². The second-order valence-electron chi connectivity index (χ2n) is 4.43. The molecular weight excluding hydrogens is 267 g/mol. The van der Waals surface area contributed by atoms with Crippen molar-refractivity contribution in [2.75, 3.05) is 18.0 Å². The van der Waals surface area contributed by atoms with E-state index in [1.54, 1.807) is 0 Å². The lowest BCUT2D eigenvalue weighted by Gasteiger charge is -2.19. The molecule has 0 aliphatic carbocycles. The zero-order valence-corrected chi connectivity index (χ0v) is 10.4. The molecule has 0 radical (unpaired) electrons. The summed E-state index contributed by atoms with van der Waals surface area (Å²) < 4.78 is 13.9. The normalized spacial score (nSPS) is 17.9. The number of halogens is 1. The predicted molar refractivity (Wildman–Crippen MR) is 67.8 cm³/mol. The van der Waals surface area contributed by atoms with Crippen molar-refractivity contribution in [2.45, 2.75) is 6.42 Å². The Hall–Kier alpha value is -2.60. The lowest BCUT2D eigenvalue weighted by molar-refractivity contribution is -0.117. The Morgan fingerprint density at radius 2 is 2.35 bits per heavy atom. The number of benzene rings is 1. The van der Waals surface area contributed by atoms with Crippen LogP contribution < -0.4 is 4.90 Å². The number of hydrogen-bond donors (Lipinski definition) is 1. The van der Waals surface area contributed by atoms with Crippen LogP contribution in [0.15, 0.2) is 23.3 Å². The van der Waals surface area contributed by atoms with Crippen LogP contribution in [0.1, 0.15) is 16.8 Å². The number of para-hydroxylation sites is 1. The second-order valence-corrected chi connectivity index (χ2v) is 4.43. The number of carbonyl (C=O) groups is 2. The molecule has 0 spiro atoms. The van der Waals surface area contributed by atoms with Gasteiger partial charge in [0.2, 0.25) is 5.91 Å². The number of hydrogen-bond acceptors (Lipinski definition) is 3. The molecule has 1 fully saturated rings. The number of anilines is 1. The quantitative estimate of drug-likeness (QED) is 0.518. The molecule has 1 unspecified atom stereocenters. The molecule has 1 amide bonds. The van der Waals surface area contributed by atoms with Crippen molar-refractivity contribution in [1.82, 2.24) is 0 Å². The number of nitrogens with zero attached hydrogens (tertiary/aromatic N) is 4. The largest absolute Gasteiger partial charge is 0.478 e. The first-order valence-electron chi connectivity index (χ1n) is 5.87. The van der Waals surface area contributed by atoms with Crippen molar-refractivity contribution in [1.29, 1.82) is 0 Å². The number of azide groups is 1. The Kier molecular flexibility index (Phi) is 3.86. The van der Waals surface area contributed by atoms with Gasteiger partial charge in [0.25, 0.3) is 0 Å². The van der Waals surface area contributed by atoms with E-state index in [0.29, 0.717) is 0 Å². The fourth-order valence-corrected chi connectivity index (χ4v) is 2.23. The van der Waals surface area contributed by atoms with E-state index < -0.39 is 11.8 Å². The molecule has 1 atom stereocenters. The van der Waals surface area contributed by atoms with Gasteiger partial charge in [0, 0.05) is 24.4 Å². The number of carboxylic acid groups (broad SMARTS) is 1. The monoisotopic (exact) mass is 278 g/mol. The lowest BCUT2D eigenvalue weighted by Crippen LogP contribution is -2.28. The van der Waals surface area contributed by atoms with E-state index in [4.69, 9.17) is 10.6 Å². The Morgan fingerprint density at radius 1 is 1.60 bits per heavy atom. The summed E-state index contributed by atoms with van der Waals surface area (Å²) in [7, 11) is 0. The average Bonchev–Trinajstić information content (AvgIpc) is 2.77. The smallest absolute Gasteiger partial charge is 0.337 e. The highest BCUT2D eigenvalue weighted by atomic mass is 19.1. The van der Waals surface area contributed by atoms with E-state index in [1.165, 1.54) is 12.1 Å². The third-order valence-corrected chi connectivity index (χ3v) is 3.10. The van der Waals surface area contributed by atoms with E-state index in [9.17, 15) is 14.0 Å². The number of carbonyl (C=O) groups excluding carboxylic acids is 1. The van der Waals surface area contributed by atoms with Gasteiger partial charge in [0.1, 0.15) is 5.82 Å². The van der Waals surface area contributed by atoms with Crippen LogP contribution in [-0.2, 0) is 4.79 Å². The van der Waals surface area contributed by atoms with E-state index in [2.05, 4.69) is 10.0 Å². The summed E-state index contributed by atoms with van der Waals surface area (Å²) in [5.41, 5.74) is 7.77. The van der Waals surface area contributed by atoms with Crippen molar-refractivity contribution in [3.05, 3.63) is 40.0 Å². The van der Waals surface area contributed by atoms with Crippen LogP contribution in [0.5, 0.6) is 0 Å². The molecule has 1 aromatic rings. The van der Waals surface area contributed by atoms with E-state index in [0.717, 1.165) is 11.0 Å². The zero-order chi connectivity index (χ0) is 14.7. The molecule has 104 valence electrons. The topological polar surface area (TPSA) is 106 Å². The molecule has 1 saturated heterocycles. The van der Waals surface area contributed by atoms with Crippen LogP contribution in [0.3, 0.4) is 0 Å². The van der Waals surface area contributed by atoms with Gasteiger partial charge in [0.05, 0.1) is 11.3 Å². The van der Waals surface area contributed by atoms with E-state index in [1.807, 2.05) is 0 Å². The van der Waals surface area contributed by atoms with Crippen molar-refractivity contribution in [3.63, 3.8) is 0 Å². The Morgan fingerprint density at radius 3 is 3.00 bits per heavy atom. The van der Waals surface area contributed by atoms with Crippen molar-refractivity contribution in [2.24, 2.45) is 11.0 Å². The molecule has 7 nitrogen and oxygen atoms in total. The van der Waals surface area contributed by atoms with E-state index in [-0.39, 0.29) is 42.6 Å². The van der Waals surface area contributed by atoms with Gasteiger partial charge in [-0.25, -0.2) is 9.18 Å². The molecule has 1 aromatic carbocycles. The van der Waals surface area contributed by atoms with Gasteiger partial charge in [0.15, 0.2) is 0 Å². The third-order valence-electron chi connectivity index (χ3n) is 3.10. The van der Waals surface area contributed by atoms with Gasteiger partial charge in [-0.05, 0) is 23.6 Å². The molecule has 1 aliphatic heterocycles. The summed E-state index contributed by atoms with van der Waals surface area (Å²) in [6, 6.07) is 3.63. The highest BCUT2D eigenvalue weighted by Crippen LogP contribution is 2.30. The summed E-state index contributed by atoms with van der Waals surface area (Å²) in [6.45, 7) is 0.259. The van der Waals surface area contributed by atoms with Crippen molar-refractivity contribution >= 4 is 17.6 Å². The third kappa shape index (κ3) is 2.55. The Labute approximate surface area is 113 Å². The van der Waals surface area contributed by atoms with Crippen LogP contribution >= 0.6 is 0 Å². The molecule has 0 saturated carbocycles. The van der Waals surface area contributed by atoms with Crippen LogP contribution in [-0.4, -0.2) is 30.1 Å². The van der Waals surface area contributed by atoms with E-state index >= 15 is 0 Å². The number of aromatic carboxylic acids is 1. The minimum Gasteiger partial charge on any atom is -0.478 e. The SMILES string of the molecule is [N-]=[N+]=NCC1CC(=O)N(c2c(F)cccc2C(=O)O)C1. The predicted octanol–water partition coefficient (Wildman–Crippen LogP) is 2.19. The van der Waals surface area contributed by atoms with Gasteiger partial charge < -0.3 is 10.0 Å². The highest BCUT2D eigenvalue weighted by molar-refractivity contribution is 6.03. The minimum atomic E-state index is -1.30. The Balaban J connectivity index is 2.35. The van der Waals surface area contributed by atoms with Crippen molar-refractivity contribution < 1.29 is 19.1 Å². The Bertz CT molecular complexity index is 613. The molecular formula is C12H11FN4O3. The molecule has 1 aliphatic rings. The molecule has 1 heterocycles. The molecule has 8 heteroatoms. The average molecular weight is 278 g/mol. The summed E-state index contributed by atoms with van der Waals surface area (Å²) >= 11 is 0. The van der Waals surface area contributed by atoms with Crippen LogP contribution in [0.2, 0.25) is 0 Å². The van der Waals surface area contributed by atoms with Gasteiger partial charge in [-0.1, -0.05) is 11.2 Å². The molecule has 2 rings (SSSR count). The summed E-state index contributed by atoms with van der Waals surface area (Å²) in [6.07, 6.45) is 0.104. The first-order valence-corrected chi connectivity index (χ1v) is 5.87.